The van der Waals surface area contributed by atoms with Gasteiger partial charge < -0.3 is 14.9 Å². The van der Waals surface area contributed by atoms with Crippen LogP contribution in [0.2, 0.25) is 0 Å². The minimum absolute atomic E-state index is 0.0205. The molecule has 1 aromatic rings. The van der Waals surface area contributed by atoms with Crippen LogP contribution in [0.4, 0.5) is 0 Å². The number of aliphatic carboxylic acids is 1. The van der Waals surface area contributed by atoms with E-state index >= 15 is 0 Å². The molecule has 0 aliphatic carbocycles. The van der Waals surface area contributed by atoms with E-state index in [2.05, 4.69) is 0 Å². The molecule has 4 heteroatoms. The van der Waals surface area contributed by atoms with E-state index in [4.69, 9.17) is 9.84 Å². The third-order valence-corrected chi connectivity index (χ3v) is 2.25. The molecule has 1 rings (SSSR count). The number of hydrogen-bond donors (Lipinski definition) is 2. The van der Waals surface area contributed by atoms with E-state index in [1.54, 1.807) is 19.1 Å². The molecular weight excluding hydrogens is 196 g/mol. The van der Waals surface area contributed by atoms with Crippen molar-refractivity contribution >= 4 is 5.97 Å². The zero-order chi connectivity index (χ0) is 11.4. The molecule has 0 atom stereocenters. The fourth-order valence-electron chi connectivity index (χ4n) is 1.40. The topological polar surface area (TPSA) is 66.8 Å². The van der Waals surface area contributed by atoms with Crippen LogP contribution in [0.3, 0.4) is 0 Å². The molecule has 0 saturated heterocycles. The molecule has 0 amide bonds. The lowest BCUT2D eigenvalue weighted by Crippen LogP contribution is -2.00. The van der Waals surface area contributed by atoms with Crippen molar-refractivity contribution < 1.29 is 19.7 Å². The standard InChI is InChI=1S/C11H14O4/c1-7-3-5-9(15-2)8(11(7)14)4-6-10(12)13/h3,5,14H,4,6H2,1-2H3,(H,12,13). The summed E-state index contributed by atoms with van der Waals surface area (Å²) in [4.78, 5) is 10.4. The zero-order valence-corrected chi connectivity index (χ0v) is 8.78. The monoisotopic (exact) mass is 210 g/mol. The molecule has 2 N–H and O–H groups in total. The van der Waals surface area contributed by atoms with Crippen LogP contribution in [0, 0.1) is 6.92 Å². The summed E-state index contributed by atoms with van der Waals surface area (Å²) in [5.74, 6) is -0.243. The van der Waals surface area contributed by atoms with Gasteiger partial charge in [-0.15, -0.1) is 0 Å². The van der Waals surface area contributed by atoms with E-state index < -0.39 is 5.97 Å². The molecule has 0 bridgehead atoms. The highest BCUT2D eigenvalue weighted by Gasteiger charge is 2.12. The van der Waals surface area contributed by atoms with Crippen LogP contribution in [0.15, 0.2) is 12.1 Å². The fourth-order valence-corrected chi connectivity index (χ4v) is 1.40. The van der Waals surface area contributed by atoms with Gasteiger partial charge in [-0.1, -0.05) is 6.07 Å². The summed E-state index contributed by atoms with van der Waals surface area (Å²) in [6.07, 6.45) is 0.249. The van der Waals surface area contributed by atoms with Crippen LogP contribution in [0.5, 0.6) is 11.5 Å². The second kappa shape index (κ2) is 4.68. The SMILES string of the molecule is COc1ccc(C)c(O)c1CCC(=O)O. The molecule has 0 spiro atoms. The minimum Gasteiger partial charge on any atom is -0.507 e. The lowest BCUT2D eigenvalue weighted by atomic mass is 10.0. The molecule has 0 heterocycles. The Morgan fingerprint density at radius 3 is 2.67 bits per heavy atom. The van der Waals surface area contributed by atoms with Gasteiger partial charge >= 0.3 is 5.97 Å². The lowest BCUT2D eigenvalue weighted by Gasteiger charge is -2.11. The highest BCUT2D eigenvalue weighted by molar-refractivity contribution is 5.67. The van der Waals surface area contributed by atoms with Crippen molar-refractivity contribution in [2.45, 2.75) is 19.8 Å². The number of benzene rings is 1. The summed E-state index contributed by atoms with van der Waals surface area (Å²) in [7, 11) is 1.49. The normalized spacial score (nSPS) is 10.0. The Bertz CT molecular complexity index is 371. The Hall–Kier alpha value is -1.71. The smallest absolute Gasteiger partial charge is 0.303 e. The predicted octanol–water partition coefficient (Wildman–Crippen LogP) is 1.73. The average molecular weight is 210 g/mol. The number of phenols is 1. The van der Waals surface area contributed by atoms with Crippen molar-refractivity contribution in [2.75, 3.05) is 7.11 Å². The number of rotatable bonds is 4. The number of carboxylic acids is 1. The summed E-state index contributed by atoms with van der Waals surface area (Å²) >= 11 is 0. The first-order valence-corrected chi connectivity index (χ1v) is 4.63. The third kappa shape index (κ3) is 2.62. The van der Waals surface area contributed by atoms with Crippen molar-refractivity contribution in [1.82, 2.24) is 0 Å². The van der Waals surface area contributed by atoms with Crippen molar-refractivity contribution in [3.05, 3.63) is 23.3 Å². The quantitative estimate of drug-likeness (QED) is 0.794. The third-order valence-electron chi connectivity index (χ3n) is 2.25. The molecule has 0 radical (unpaired) electrons. The highest BCUT2D eigenvalue weighted by Crippen LogP contribution is 2.31. The average Bonchev–Trinajstić information content (AvgIpc) is 2.20. The van der Waals surface area contributed by atoms with Crippen molar-refractivity contribution in [3.8, 4) is 11.5 Å². The fraction of sp³-hybridized carbons (Fsp3) is 0.364. The van der Waals surface area contributed by atoms with E-state index in [0.29, 0.717) is 11.3 Å². The number of methoxy groups -OCH3 is 1. The Morgan fingerprint density at radius 2 is 2.13 bits per heavy atom. The Labute approximate surface area is 88.1 Å². The van der Waals surface area contributed by atoms with Crippen molar-refractivity contribution in [1.29, 1.82) is 0 Å². The zero-order valence-electron chi connectivity index (χ0n) is 8.78. The van der Waals surface area contributed by atoms with Gasteiger partial charge in [-0.2, -0.15) is 0 Å². The van der Waals surface area contributed by atoms with Crippen LogP contribution < -0.4 is 4.74 Å². The largest absolute Gasteiger partial charge is 0.507 e. The van der Waals surface area contributed by atoms with Crippen LogP contribution in [-0.4, -0.2) is 23.3 Å². The van der Waals surface area contributed by atoms with Crippen LogP contribution in [0.1, 0.15) is 17.5 Å². The number of carboxylic acid groups (broad SMARTS) is 1. The summed E-state index contributed by atoms with van der Waals surface area (Å²) in [6.45, 7) is 1.76. The van der Waals surface area contributed by atoms with E-state index in [0.717, 1.165) is 5.56 Å². The number of phenolic OH excluding ortho intramolecular Hbond substituents is 1. The van der Waals surface area contributed by atoms with Gasteiger partial charge in [-0.05, 0) is 25.0 Å². The van der Waals surface area contributed by atoms with Gasteiger partial charge in [0.25, 0.3) is 0 Å². The lowest BCUT2D eigenvalue weighted by molar-refractivity contribution is -0.136. The van der Waals surface area contributed by atoms with Crippen LogP contribution in [-0.2, 0) is 11.2 Å². The Morgan fingerprint density at radius 1 is 1.47 bits per heavy atom. The first kappa shape index (κ1) is 11.4. The minimum atomic E-state index is -0.891. The molecule has 0 aliphatic rings. The predicted molar refractivity (Wildman–Crippen MR) is 55.4 cm³/mol. The van der Waals surface area contributed by atoms with Gasteiger partial charge in [0.2, 0.25) is 0 Å². The number of hydrogen-bond acceptors (Lipinski definition) is 3. The maximum atomic E-state index is 10.4. The molecule has 4 nitrogen and oxygen atoms in total. The second-order valence-corrected chi connectivity index (χ2v) is 3.31. The maximum Gasteiger partial charge on any atom is 0.303 e. The number of ether oxygens (including phenoxy) is 1. The number of aromatic hydroxyl groups is 1. The number of aryl methyl sites for hydroxylation is 1. The van der Waals surface area contributed by atoms with Gasteiger partial charge in [-0.25, -0.2) is 0 Å². The van der Waals surface area contributed by atoms with Crippen molar-refractivity contribution in [3.63, 3.8) is 0 Å². The molecule has 82 valence electrons. The molecule has 0 unspecified atom stereocenters. The van der Waals surface area contributed by atoms with Gasteiger partial charge in [0.15, 0.2) is 0 Å². The summed E-state index contributed by atoms with van der Waals surface area (Å²) in [5, 5.41) is 18.3. The Kier molecular flexibility index (Phi) is 3.55. The van der Waals surface area contributed by atoms with E-state index in [1.165, 1.54) is 7.11 Å². The Balaban J connectivity index is 3.01. The highest BCUT2D eigenvalue weighted by atomic mass is 16.5. The maximum absolute atomic E-state index is 10.4. The van der Waals surface area contributed by atoms with Gasteiger partial charge in [0, 0.05) is 12.0 Å². The molecule has 15 heavy (non-hydrogen) atoms. The van der Waals surface area contributed by atoms with Gasteiger partial charge in [0.05, 0.1) is 7.11 Å². The van der Waals surface area contributed by atoms with E-state index in [1.807, 2.05) is 0 Å². The molecule has 0 aliphatic heterocycles. The van der Waals surface area contributed by atoms with Crippen LogP contribution >= 0.6 is 0 Å². The molecule has 0 aromatic heterocycles. The summed E-state index contributed by atoms with van der Waals surface area (Å²) in [5.41, 5.74) is 1.27. The van der Waals surface area contributed by atoms with E-state index in [-0.39, 0.29) is 18.6 Å². The first-order valence-electron chi connectivity index (χ1n) is 4.63. The first-order chi connectivity index (χ1) is 7.06. The summed E-state index contributed by atoms with van der Waals surface area (Å²) in [6, 6.07) is 3.46. The van der Waals surface area contributed by atoms with Crippen LogP contribution in [0.25, 0.3) is 0 Å². The molecule has 0 saturated carbocycles. The van der Waals surface area contributed by atoms with Crippen molar-refractivity contribution in [2.24, 2.45) is 0 Å². The molecule has 0 fully saturated rings. The van der Waals surface area contributed by atoms with Gasteiger partial charge in [0.1, 0.15) is 11.5 Å². The summed E-state index contributed by atoms with van der Waals surface area (Å²) < 4.78 is 5.06. The number of carbonyl (C=O) groups is 1. The molecular formula is C11H14O4. The van der Waals surface area contributed by atoms with E-state index in [9.17, 15) is 9.90 Å². The second-order valence-electron chi connectivity index (χ2n) is 3.31. The molecule has 1 aromatic carbocycles. The van der Waals surface area contributed by atoms with Gasteiger partial charge in [-0.3, -0.25) is 4.79 Å².